The second-order valence-electron chi connectivity index (χ2n) is 8.23. The molecule has 5 rings (SSSR count). The monoisotopic (exact) mass is 419 g/mol. The van der Waals surface area contributed by atoms with Gasteiger partial charge in [-0.15, -0.1) is 11.8 Å². The fraction of sp³-hybridized carbons (Fsp3) is 0.333. The minimum atomic E-state index is -0.224. The predicted molar refractivity (Wildman–Crippen MR) is 120 cm³/mol. The smallest absolute Gasteiger partial charge is 0.278 e. The van der Waals surface area contributed by atoms with Gasteiger partial charge in [0, 0.05) is 34.0 Å². The highest BCUT2D eigenvalue weighted by molar-refractivity contribution is 7.98. The number of benzene rings is 2. The third-order valence-corrected chi connectivity index (χ3v) is 7.10. The van der Waals surface area contributed by atoms with Crippen LogP contribution in [0.1, 0.15) is 41.4 Å². The summed E-state index contributed by atoms with van der Waals surface area (Å²) in [7, 11) is 0. The summed E-state index contributed by atoms with van der Waals surface area (Å²) in [5.74, 6) is 2.01. The Morgan fingerprint density at radius 3 is 2.73 bits per heavy atom. The van der Waals surface area contributed by atoms with Crippen molar-refractivity contribution in [3.05, 3.63) is 65.4 Å². The molecule has 3 heterocycles. The summed E-state index contributed by atoms with van der Waals surface area (Å²) in [4.78, 5) is 16.5. The van der Waals surface area contributed by atoms with Gasteiger partial charge in [-0.05, 0) is 61.7 Å². The SMILES string of the molecule is CC1CCN(Cc2ccc(NC(=O)c3noc4c3CSc3ccccc3-4)cc2)CC1. The van der Waals surface area contributed by atoms with Gasteiger partial charge in [-0.1, -0.05) is 36.3 Å². The number of aromatic nitrogens is 1. The summed E-state index contributed by atoms with van der Waals surface area (Å²) in [6, 6.07) is 16.2. The summed E-state index contributed by atoms with van der Waals surface area (Å²) in [6.07, 6.45) is 2.55. The van der Waals surface area contributed by atoms with E-state index in [0.29, 0.717) is 17.2 Å². The van der Waals surface area contributed by atoms with Gasteiger partial charge in [0.15, 0.2) is 11.5 Å². The molecule has 1 aromatic heterocycles. The second kappa shape index (κ2) is 8.28. The highest BCUT2D eigenvalue weighted by Gasteiger charge is 2.28. The van der Waals surface area contributed by atoms with E-state index in [1.807, 2.05) is 30.3 Å². The fourth-order valence-electron chi connectivity index (χ4n) is 4.13. The minimum absolute atomic E-state index is 0.224. The van der Waals surface area contributed by atoms with Crippen LogP contribution in [-0.2, 0) is 12.3 Å². The van der Waals surface area contributed by atoms with Crippen LogP contribution in [0.4, 0.5) is 5.69 Å². The van der Waals surface area contributed by atoms with Crippen LogP contribution in [0.5, 0.6) is 0 Å². The number of carbonyl (C=O) groups excluding carboxylic acids is 1. The number of hydrogen-bond donors (Lipinski definition) is 1. The fourth-order valence-corrected chi connectivity index (χ4v) is 5.18. The minimum Gasteiger partial charge on any atom is -0.355 e. The maximum atomic E-state index is 12.8. The molecule has 1 amide bonds. The molecular weight excluding hydrogens is 394 g/mol. The van der Waals surface area contributed by atoms with E-state index in [2.05, 4.69) is 40.5 Å². The van der Waals surface area contributed by atoms with Crippen molar-refractivity contribution in [2.75, 3.05) is 18.4 Å². The zero-order chi connectivity index (χ0) is 20.5. The zero-order valence-electron chi connectivity index (χ0n) is 17.1. The maximum Gasteiger partial charge on any atom is 0.278 e. The number of rotatable bonds is 4. The third kappa shape index (κ3) is 3.89. The molecule has 5 nitrogen and oxygen atoms in total. The molecule has 0 radical (unpaired) electrons. The first kappa shape index (κ1) is 19.4. The first-order valence-corrected chi connectivity index (χ1v) is 11.5. The number of carbonyl (C=O) groups is 1. The lowest BCUT2D eigenvalue weighted by molar-refractivity contribution is 0.101. The number of piperidine rings is 1. The molecule has 3 aromatic rings. The maximum absolute atomic E-state index is 12.8. The topological polar surface area (TPSA) is 58.4 Å². The normalized spacial score (nSPS) is 16.7. The van der Waals surface area contributed by atoms with Crippen molar-refractivity contribution in [2.45, 2.75) is 37.0 Å². The molecule has 6 heteroatoms. The van der Waals surface area contributed by atoms with Gasteiger partial charge in [-0.25, -0.2) is 0 Å². The van der Waals surface area contributed by atoms with Gasteiger partial charge >= 0.3 is 0 Å². The van der Waals surface area contributed by atoms with E-state index in [1.54, 1.807) is 11.8 Å². The standard InChI is InChI=1S/C24H25N3O2S/c1-16-10-12-27(13-11-16)14-17-6-8-18(9-7-17)25-24(28)22-20-15-30-21-5-3-2-4-19(21)23(20)29-26-22/h2-9,16H,10-15H2,1H3,(H,25,28). The number of thioether (sulfide) groups is 1. The van der Waals surface area contributed by atoms with Crippen molar-refractivity contribution < 1.29 is 9.32 Å². The van der Waals surface area contributed by atoms with E-state index in [-0.39, 0.29) is 5.91 Å². The van der Waals surface area contributed by atoms with Crippen molar-refractivity contribution in [1.82, 2.24) is 10.1 Å². The number of likely N-dealkylation sites (tertiary alicyclic amines) is 1. The average molecular weight is 420 g/mol. The van der Waals surface area contributed by atoms with Crippen molar-refractivity contribution in [3.8, 4) is 11.3 Å². The Labute approximate surface area is 180 Å². The Kier molecular flexibility index (Phi) is 5.35. The summed E-state index contributed by atoms with van der Waals surface area (Å²) in [6.45, 7) is 5.63. The average Bonchev–Trinajstić information content (AvgIpc) is 3.22. The Balaban J connectivity index is 1.26. The van der Waals surface area contributed by atoms with Gasteiger partial charge in [-0.3, -0.25) is 9.69 Å². The van der Waals surface area contributed by atoms with Crippen LogP contribution >= 0.6 is 11.8 Å². The van der Waals surface area contributed by atoms with E-state index in [4.69, 9.17) is 4.52 Å². The molecule has 0 saturated carbocycles. The quantitative estimate of drug-likeness (QED) is 0.611. The molecule has 1 N–H and O–H groups in total. The lowest BCUT2D eigenvalue weighted by atomic mass is 9.99. The number of nitrogens with one attached hydrogen (secondary N) is 1. The Hall–Kier alpha value is -2.57. The number of fused-ring (bicyclic) bond motifs is 3. The highest BCUT2D eigenvalue weighted by atomic mass is 32.2. The van der Waals surface area contributed by atoms with Gasteiger partial charge < -0.3 is 9.84 Å². The molecule has 30 heavy (non-hydrogen) atoms. The van der Waals surface area contributed by atoms with Gasteiger partial charge in [0.1, 0.15) is 0 Å². The number of amides is 1. The largest absolute Gasteiger partial charge is 0.355 e. The Morgan fingerprint density at radius 1 is 1.17 bits per heavy atom. The summed E-state index contributed by atoms with van der Waals surface area (Å²) >= 11 is 1.71. The van der Waals surface area contributed by atoms with Crippen molar-refractivity contribution in [1.29, 1.82) is 0 Å². The van der Waals surface area contributed by atoms with Gasteiger partial charge in [0.25, 0.3) is 5.91 Å². The van der Waals surface area contributed by atoms with Crippen LogP contribution in [-0.4, -0.2) is 29.1 Å². The highest BCUT2D eigenvalue weighted by Crippen LogP contribution is 2.42. The van der Waals surface area contributed by atoms with E-state index >= 15 is 0 Å². The predicted octanol–water partition coefficient (Wildman–Crippen LogP) is 5.43. The van der Waals surface area contributed by atoms with Crippen LogP contribution < -0.4 is 5.32 Å². The van der Waals surface area contributed by atoms with Gasteiger partial charge in [-0.2, -0.15) is 0 Å². The molecule has 1 saturated heterocycles. The lowest BCUT2D eigenvalue weighted by Gasteiger charge is -2.30. The van der Waals surface area contributed by atoms with Gasteiger partial charge in [0.2, 0.25) is 0 Å². The van der Waals surface area contributed by atoms with Crippen LogP contribution in [0.2, 0.25) is 0 Å². The van der Waals surface area contributed by atoms with Crippen molar-refractivity contribution >= 4 is 23.4 Å². The summed E-state index contributed by atoms with van der Waals surface area (Å²) in [5, 5.41) is 7.06. The summed E-state index contributed by atoms with van der Waals surface area (Å²) < 4.78 is 5.55. The molecule has 2 aliphatic rings. The van der Waals surface area contributed by atoms with E-state index < -0.39 is 0 Å². The van der Waals surface area contributed by atoms with Crippen molar-refractivity contribution in [3.63, 3.8) is 0 Å². The first-order chi connectivity index (χ1) is 14.7. The molecule has 2 aromatic carbocycles. The van der Waals surface area contributed by atoms with Crippen LogP contribution in [0.15, 0.2) is 57.9 Å². The third-order valence-electron chi connectivity index (χ3n) is 6.00. The van der Waals surface area contributed by atoms with Crippen molar-refractivity contribution in [2.24, 2.45) is 5.92 Å². The molecule has 0 aliphatic carbocycles. The van der Waals surface area contributed by atoms with E-state index in [9.17, 15) is 4.79 Å². The molecule has 0 spiro atoms. The van der Waals surface area contributed by atoms with Gasteiger partial charge in [0.05, 0.1) is 0 Å². The van der Waals surface area contributed by atoms with Crippen LogP contribution in [0.25, 0.3) is 11.3 Å². The van der Waals surface area contributed by atoms with Crippen LogP contribution in [0, 0.1) is 5.92 Å². The molecule has 1 fully saturated rings. The Morgan fingerprint density at radius 2 is 1.93 bits per heavy atom. The zero-order valence-corrected chi connectivity index (χ0v) is 17.9. The van der Waals surface area contributed by atoms with E-state index in [0.717, 1.165) is 47.3 Å². The molecule has 2 aliphatic heterocycles. The number of hydrogen-bond acceptors (Lipinski definition) is 5. The van der Waals surface area contributed by atoms with E-state index in [1.165, 1.54) is 18.4 Å². The molecule has 0 unspecified atom stereocenters. The van der Waals surface area contributed by atoms with Crippen LogP contribution in [0.3, 0.4) is 0 Å². The first-order valence-electron chi connectivity index (χ1n) is 10.5. The molecular formula is C24H25N3O2S. The Bertz CT molecular complexity index is 1050. The summed E-state index contributed by atoms with van der Waals surface area (Å²) in [5.41, 5.74) is 4.29. The number of anilines is 1. The molecule has 0 bridgehead atoms. The molecule has 154 valence electrons. The second-order valence-corrected chi connectivity index (χ2v) is 9.25. The lowest BCUT2D eigenvalue weighted by Crippen LogP contribution is -2.32. The number of nitrogens with zero attached hydrogens (tertiary/aromatic N) is 2. The molecule has 0 atom stereocenters.